The van der Waals surface area contributed by atoms with E-state index in [4.69, 9.17) is 9.84 Å². The normalized spacial score (nSPS) is 34.2. The summed E-state index contributed by atoms with van der Waals surface area (Å²) in [5.74, 6) is 0.702. The van der Waals surface area contributed by atoms with E-state index < -0.39 is 0 Å². The molecule has 1 rings (SSSR count). The van der Waals surface area contributed by atoms with Crippen LogP contribution >= 0.6 is 0 Å². The molecular weight excluding hydrogens is 128 g/mol. The van der Waals surface area contributed by atoms with Gasteiger partial charge < -0.3 is 9.84 Å². The monoisotopic (exact) mass is 144 g/mol. The van der Waals surface area contributed by atoms with E-state index in [1.54, 1.807) is 7.11 Å². The van der Waals surface area contributed by atoms with E-state index in [-0.39, 0.29) is 6.10 Å². The van der Waals surface area contributed by atoms with Crippen molar-refractivity contribution in [1.82, 2.24) is 0 Å². The van der Waals surface area contributed by atoms with Crippen molar-refractivity contribution in [2.24, 2.45) is 5.92 Å². The van der Waals surface area contributed by atoms with Gasteiger partial charge in [0.1, 0.15) is 0 Å². The second kappa shape index (κ2) is 3.94. The molecule has 0 heterocycles. The summed E-state index contributed by atoms with van der Waals surface area (Å²) in [6.07, 6.45) is 4.17. The average molecular weight is 144 g/mol. The average Bonchev–Trinajstić information content (AvgIpc) is 1.95. The van der Waals surface area contributed by atoms with Gasteiger partial charge in [-0.05, 0) is 31.6 Å². The Morgan fingerprint density at radius 3 is 2.40 bits per heavy atom. The maximum Gasteiger partial charge on any atom is 0.0540 e. The topological polar surface area (TPSA) is 29.5 Å². The molecule has 0 atom stereocenters. The highest BCUT2D eigenvalue weighted by atomic mass is 16.5. The van der Waals surface area contributed by atoms with Gasteiger partial charge in [-0.15, -0.1) is 0 Å². The number of ether oxygens (including phenoxy) is 1. The molecule has 0 saturated heterocycles. The standard InChI is InChI=1S/C8H16O2/c1-10-6-7-2-4-8(9)5-3-7/h7-9H,2-6H2,1H3. The van der Waals surface area contributed by atoms with Crippen LogP contribution in [-0.2, 0) is 4.74 Å². The summed E-state index contributed by atoms with van der Waals surface area (Å²) in [5, 5.41) is 9.15. The highest BCUT2D eigenvalue weighted by Gasteiger charge is 2.18. The van der Waals surface area contributed by atoms with Gasteiger partial charge in [0.25, 0.3) is 0 Å². The van der Waals surface area contributed by atoms with Crippen LogP contribution in [0.4, 0.5) is 0 Å². The molecule has 0 unspecified atom stereocenters. The molecule has 1 aliphatic carbocycles. The Morgan fingerprint density at radius 2 is 1.90 bits per heavy atom. The predicted molar refractivity (Wildman–Crippen MR) is 39.8 cm³/mol. The van der Waals surface area contributed by atoms with Crippen molar-refractivity contribution in [3.8, 4) is 0 Å². The van der Waals surface area contributed by atoms with Crippen molar-refractivity contribution in [3.05, 3.63) is 0 Å². The Labute approximate surface area is 62.2 Å². The van der Waals surface area contributed by atoms with Gasteiger partial charge in [0, 0.05) is 13.7 Å². The first-order valence-electron chi connectivity index (χ1n) is 4.00. The van der Waals surface area contributed by atoms with Gasteiger partial charge >= 0.3 is 0 Å². The fraction of sp³-hybridized carbons (Fsp3) is 1.00. The minimum Gasteiger partial charge on any atom is -0.393 e. The number of hydrogen-bond acceptors (Lipinski definition) is 2. The Balaban J connectivity index is 2.13. The van der Waals surface area contributed by atoms with Crippen molar-refractivity contribution in [1.29, 1.82) is 0 Å². The number of rotatable bonds is 2. The van der Waals surface area contributed by atoms with Crippen LogP contribution in [0.15, 0.2) is 0 Å². The molecule has 0 aromatic rings. The van der Waals surface area contributed by atoms with E-state index in [1.807, 2.05) is 0 Å². The van der Waals surface area contributed by atoms with Crippen LogP contribution in [0, 0.1) is 5.92 Å². The molecule has 0 spiro atoms. The number of hydrogen-bond donors (Lipinski definition) is 1. The molecule has 1 saturated carbocycles. The van der Waals surface area contributed by atoms with Gasteiger partial charge in [0.15, 0.2) is 0 Å². The first kappa shape index (κ1) is 8.02. The molecule has 10 heavy (non-hydrogen) atoms. The largest absolute Gasteiger partial charge is 0.393 e. The highest BCUT2D eigenvalue weighted by molar-refractivity contribution is 4.70. The van der Waals surface area contributed by atoms with Gasteiger partial charge in [-0.1, -0.05) is 0 Å². The second-order valence-corrected chi connectivity index (χ2v) is 3.13. The maximum atomic E-state index is 9.15. The summed E-state index contributed by atoms with van der Waals surface area (Å²) in [6, 6.07) is 0. The smallest absolute Gasteiger partial charge is 0.0540 e. The van der Waals surface area contributed by atoms with Crippen LogP contribution in [0.3, 0.4) is 0 Å². The van der Waals surface area contributed by atoms with E-state index in [0.29, 0.717) is 5.92 Å². The maximum absolute atomic E-state index is 9.15. The van der Waals surface area contributed by atoms with Crippen LogP contribution in [0.1, 0.15) is 25.7 Å². The first-order valence-corrected chi connectivity index (χ1v) is 4.00. The predicted octanol–water partition coefficient (Wildman–Crippen LogP) is 1.18. The Kier molecular flexibility index (Phi) is 3.16. The van der Waals surface area contributed by atoms with E-state index in [1.165, 1.54) is 0 Å². The Bertz CT molecular complexity index is 85.3. The van der Waals surface area contributed by atoms with Gasteiger partial charge in [-0.2, -0.15) is 0 Å². The molecule has 2 heteroatoms. The molecule has 0 aromatic heterocycles. The minimum absolute atomic E-state index is 0.0342. The molecule has 0 radical (unpaired) electrons. The van der Waals surface area contributed by atoms with Crippen molar-refractivity contribution in [3.63, 3.8) is 0 Å². The van der Waals surface area contributed by atoms with Crippen molar-refractivity contribution < 1.29 is 9.84 Å². The minimum atomic E-state index is -0.0342. The highest BCUT2D eigenvalue weighted by Crippen LogP contribution is 2.23. The van der Waals surface area contributed by atoms with Crippen LogP contribution in [0.2, 0.25) is 0 Å². The van der Waals surface area contributed by atoms with Crippen LogP contribution < -0.4 is 0 Å². The second-order valence-electron chi connectivity index (χ2n) is 3.13. The molecular formula is C8H16O2. The fourth-order valence-electron chi connectivity index (χ4n) is 1.55. The summed E-state index contributed by atoms with van der Waals surface area (Å²) >= 11 is 0. The zero-order valence-electron chi connectivity index (χ0n) is 6.55. The lowest BCUT2D eigenvalue weighted by molar-refractivity contribution is 0.0717. The summed E-state index contributed by atoms with van der Waals surface area (Å²) in [5.41, 5.74) is 0. The number of aliphatic hydroxyl groups excluding tert-OH is 1. The SMILES string of the molecule is COCC1CCC(O)CC1. The zero-order chi connectivity index (χ0) is 7.40. The van der Waals surface area contributed by atoms with E-state index in [0.717, 1.165) is 32.3 Å². The molecule has 0 aliphatic heterocycles. The van der Waals surface area contributed by atoms with Gasteiger partial charge in [-0.3, -0.25) is 0 Å². The molecule has 0 amide bonds. The summed E-state index contributed by atoms with van der Waals surface area (Å²) in [7, 11) is 1.74. The molecule has 1 fully saturated rings. The van der Waals surface area contributed by atoms with E-state index >= 15 is 0 Å². The van der Waals surface area contributed by atoms with Crippen LogP contribution in [-0.4, -0.2) is 24.9 Å². The molecule has 1 N–H and O–H groups in total. The van der Waals surface area contributed by atoms with E-state index in [9.17, 15) is 0 Å². The van der Waals surface area contributed by atoms with Crippen LogP contribution in [0.25, 0.3) is 0 Å². The molecule has 60 valence electrons. The van der Waals surface area contributed by atoms with Crippen molar-refractivity contribution >= 4 is 0 Å². The first-order chi connectivity index (χ1) is 4.83. The van der Waals surface area contributed by atoms with Crippen LogP contribution in [0.5, 0.6) is 0 Å². The van der Waals surface area contributed by atoms with Crippen molar-refractivity contribution in [2.45, 2.75) is 31.8 Å². The Morgan fingerprint density at radius 1 is 1.30 bits per heavy atom. The molecule has 1 aliphatic rings. The lowest BCUT2D eigenvalue weighted by Crippen LogP contribution is -2.20. The Hall–Kier alpha value is -0.0800. The van der Waals surface area contributed by atoms with E-state index in [2.05, 4.69) is 0 Å². The third-order valence-corrected chi connectivity index (χ3v) is 2.22. The zero-order valence-corrected chi connectivity index (χ0v) is 6.55. The van der Waals surface area contributed by atoms with Gasteiger partial charge in [0.05, 0.1) is 6.10 Å². The lowest BCUT2D eigenvalue weighted by atomic mass is 9.88. The lowest BCUT2D eigenvalue weighted by Gasteiger charge is -2.24. The summed E-state index contributed by atoms with van der Waals surface area (Å²) < 4.78 is 5.03. The quantitative estimate of drug-likeness (QED) is 0.630. The van der Waals surface area contributed by atoms with Crippen molar-refractivity contribution in [2.75, 3.05) is 13.7 Å². The summed E-state index contributed by atoms with van der Waals surface area (Å²) in [4.78, 5) is 0. The number of aliphatic hydroxyl groups is 1. The third kappa shape index (κ3) is 2.27. The molecule has 0 aromatic carbocycles. The fourth-order valence-corrected chi connectivity index (χ4v) is 1.55. The third-order valence-electron chi connectivity index (χ3n) is 2.22. The molecule has 2 nitrogen and oxygen atoms in total. The summed E-state index contributed by atoms with van der Waals surface area (Å²) in [6.45, 7) is 0.868. The molecule has 0 bridgehead atoms. The van der Waals surface area contributed by atoms with Gasteiger partial charge in [-0.25, -0.2) is 0 Å². The van der Waals surface area contributed by atoms with Gasteiger partial charge in [0.2, 0.25) is 0 Å². The number of methoxy groups -OCH3 is 1.